The molecule has 24 heavy (non-hydrogen) atoms. The van der Waals surface area contributed by atoms with Crippen molar-refractivity contribution < 1.29 is 9.53 Å². The van der Waals surface area contributed by atoms with Crippen LogP contribution in [-0.2, 0) is 10.5 Å². The Bertz CT molecular complexity index is 661. The number of amides is 1. The van der Waals surface area contributed by atoms with Crippen LogP contribution in [0.15, 0.2) is 53.4 Å². The molecule has 4 heteroatoms. The fraction of sp³-hybridized carbons (Fsp3) is 0.350. The van der Waals surface area contributed by atoms with E-state index in [1.807, 2.05) is 24.3 Å². The number of thioether (sulfide) groups is 1. The predicted octanol–water partition coefficient (Wildman–Crippen LogP) is 4.20. The standard InChI is InChI=1S/C20H23NO2S/c1-15-4-10-19(11-5-15)24-14-16-6-8-17(9-7-16)20(22)21-13-18-3-2-12-23-18/h4-11,18H,2-3,12-14H2,1H3,(H,21,22)/t18-/m1/s1. The molecule has 1 heterocycles. The fourth-order valence-corrected chi connectivity index (χ4v) is 3.52. The summed E-state index contributed by atoms with van der Waals surface area (Å²) in [6.45, 7) is 3.51. The van der Waals surface area contributed by atoms with Gasteiger partial charge in [-0.3, -0.25) is 4.79 Å². The first-order valence-electron chi connectivity index (χ1n) is 8.39. The van der Waals surface area contributed by atoms with Crippen molar-refractivity contribution in [2.75, 3.05) is 13.2 Å². The molecule has 3 rings (SSSR count). The van der Waals surface area contributed by atoms with Gasteiger partial charge in [-0.25, -0.2) is 0 Å². The molecule has 126 valence electrons. The van der Waals surface area contributed by atoms with Gasteiger partial charge in [0.05, 0.1) is 6.10 Å². The van der Waals surface area contributed by atoms with Crippen molar-refractivity contribution in [1.82, 2.24) is 5.32 Å². The quantitative estimate of drug-likeness (QED) is 0.801. The Kier molecular flexibility index (Phi) is 5.94. The van der Waals surface area contributed by atoms with Crippen LogP contribution in [0.4, 0.5) is 0 Å². The van der Waals surface area contributed by atoms with E-state index in [0.29, 0.717) is 12.1 Å². The van der Waals surface area contributed by atoms with Gasteiger partial charge in [0.2, 0.25) is 0 Å². The maximum Gasteiger partial charge on any atom is 0.251 e. The van der Waals surface area contributed by atoms with Gasteiger partial charge in [-0.1, -0.05) is 29.8 Å². The zero-order valence-electron chi connectivity index (χ0n) is 14.0. The Morgan fingerprint density at radius 3 is 2.58 bits per heavy atom. The van der Waals surface area contributed by atoms with Crippen LogP contribution in [0.2, 0.25) is 0 Å². The van der Waals surface area contributed by atoms with Crippen LogP contribution in [0.1, 0.15) is 34.3 Å². The van der Waals surface area contributed by atoms with Crippen LogP contribution < -0.4 is 5.32 Å². The second-order valence-corrected chi connectivity index (χ2v) is 7.19. The average Bonchev–Trinajstić information content (AvgIpc) is 3.13. The molecule has 0 saturated carbocycles. The van der Waals surface area contributed by atoms with Crippen LogP contribution in [0.3, 0.4) is 0 Å². The van der Waals surface area contributed by atoms with E-state index in [9.17, 15) is 4.79 Å². The summed E-state index contributed by atoms with van der Waals surface area (Å²) in [5.41, 5.74) is 3.20. The molecule has 1 amide bonds. The van der Waals surface area contributed by atoms with E-state index in [0.717, 1.165) is 25.2 Å². The minimum absolute atomic E-state index is 0.0248. The van der Waals surface area contributed by atoms with E-state index in [1.165, 1.54) is 16.0 Å². The molecule has 0 unspecified atom stereocenters. The molecule has 0 aliphatic carbocycles. The molecule has 1 aliphatic heterocycles. The minimum Gasteiger partial charge on any atom is -0.376 e. The summed E-state index contributed by atoms with van der Waals surface area (Å²) in [5.74, 6) is 0.879. The third kappa shape index (κ3) is 4.86. The molecule has 0 spiro atoms. The van der Waals surface area contributed by atoms with E-state index in [2.05, 4.69) is 36.5 Å². The molecule has 1 atom stereocenters. The van der Waals surface area contributed by atoms with E-state index in [1.54, 1.807) is 11.8 Å². The second kappa shape index (κ2) is 8.36. The molecule has 0 radical (unpaired) electrons. The first-order valence-corrected chi connectivity index (χ1v) is 9.37. The normalized spacial score (nSPS) is 17.0. The van der Waals surface area contributed by atoms with Crippen molar-refractivity contribution in [1.29, 1.82) is 0 Å². The summed E-state index contributed by atoms with van der Waals surface area (Å²) in [6, 6.07) is 16.4. The summed E-state index contributed by atoms with van der Waals surface area (Å²) in [5, 5.41) is 2.95. The van der Waals surface area contributed by atoms with E-state index in [4.69, 9.17) is 4.74 Å². The number of aryl methyl sites for hydroxylation is 1. The third-order valence-electron chi connectivity index (χ3n) is 4.16. The van der Waals surface area contributed by atoms with Crippen LogP contribution in [0.5, 0.6) is 0 Å². The number of benzene rings is 2. The Morgan fingerprint density at radius 1 is 1.17 bits per heavy atom. The second-order valence-electron chi connectivity index (χ2n) is 6.14. The average molecular weight is 341 g/mol. The zero-order valence-corrected chi connectivity index (χ0v) is 14.8. The number of carbonyl (C=O) groups excluding carboxylic acids is 1. The van der Waals surface area contributed by atoms with Gasteiger partial charge in [0.15, 0.2) is 0 Å². The number of hydrogen-bond acceptors (Lipinski definition) is 3. The van der Waals surface area contributed by atoms with Crippen molar-refractivity contribution in [3.05, 3.63) is 65.2 Å². The van der Waals surface area contributed by atoms with Crippen LogP contribution >= 0.6 is 11.8 Å². The van der Waals surface area contributed by atoms with Gasteiger partial charge < -0.3 is 10.1 Å². The molecule has 2 aromatic carbocycles. The molecule has 2 aromatic rings. The molecule has 1 saturated heterocycles. The highest BCUT2D eigenvalue weighted by Gasteiger charge is 2.16. The lowest BCUT2D eigenvalue weighted by atomic mass is 10.1. The molecular formula is C20H23NO2S. The summed E-state index contributed by atoms with van der Waals surface area (Å²) in [6.07, 6.45) is 2.31. The molecule has 3 nitrogen and oxygen atoms in total. The predicted molar refractivity (Wildman–Crippen MR) is 98.5 cm³/mol. The van der Waals surface area contributed by atoms with E-state index < -0.39 is 0 Å². The maximum atomic E-state index is 12.2. The van der Waals surface area contributed by atoms with Crippen molar-refractivity contribution in [2.45, 2.75) is 36.5 Å². The van der Waals surface area contributed by atoms with Gasteiger partial charge in [0.1, 0.15) is 0 Å². The number of ether oxygens (including phenoxy) is 1. The van der Waals surface area contributed by atoms with Crippen molar-refractivity contribution in [3.63, 3.8) is 0 Å². The van der Waals surface area contributed by atoms with Crippen molar-refractivity contribution >= 4 is 17.7 Å². The van der Waals surface area contributed by atoms with Gasteiger partial charge in [-0.2, -0.15) is 0 Å². The third-order valence-corrected chi connectivity index (χ3v) is 5.24. The Labute approximate surface area is 147 Å². The van der Waals surface area contributed by atoms with Gasteiger partial charge in [-0.15, -0.1) is 11.8 Å². The van der Waals surface area contributed by atoms with Crippen LogP contribution in [0, 0.1) is 6.92 Å². The number of hydrogen-bond donors (Lipinski definition) is 1. The lowest BCUT2D eigenvalue weighted by Gasteiger charge is -2.11. The highest BCUT2D eigenvalue weighted by atomic mass is 32.2. The highest BCUT2D eigenvalue weighted by molar-refractivity contribution is 7.98. The van der Waals surface area contributed by atoms with Crippen molar-refractivity contribution in [3.8, 4) is 0 Å². The Balaban J connectivity index is 1.48. The number of nitrogens with one attached hydrogen (secondary N) is 1. The molecule has 0 aromatic heterocycles. The topological polar surface area (TPSA) is 38.3 Å². The van der Waals surface area contributed by atoms with E-state index in [-0.39, 0.29) is 12.0 Å². The highest BCUT2D eigenvalue weighted by Crippen LogP contribution is 2.23. The first kappa shape index (κ1) is 17.1. The number of rotatable bonds is 6. The molecule has 1 aliphatic rings. The monoisotopic (exact) mass is 341 g/mol. The van der Waals surface area contributed by atoms with E-state index >= 15 is 0 Å². The summed E-state index contributed by atoms with van der Waals surface area (Å²) < 4.78 is 5.52. The first-order chi connectivity index (χ1) is 11.7. The zero-order chi connectivity index (χ0) is 16.8. The van der Waals surface area contributed by atoms with Gasteiger partial charge in [0.25, 0.3) is 5.91 Å². The lowest BCUT2D eigenvalue weighted by Crippen LogP contribution is -2.31. The summed E-state index contributed by atoms with van der Waals surface area (Å²) in [7, 11) is 0. The SMILES string of the molecule is Cc1ccc(SCc2ccc(C(=O)NC[C@H]3CCCO3)cc2)cc1. The largest absolute Gasteiger partial charge is 0.376 e. The summed E-state index contributed by atoms with van der Waals surface area (Å²) >= 11 is 1.81. The van der Waals surface area contributed by atoms with Crippen LogP contribution in [-0.4, -0.2) is 25.2 Å². The number of carbonyl (C=O) groups is 1. The molecular weight excluding hydrogens is 318 g/mol. The van der Waals surface area contributed by atoms with Gasteiger partial charge >= 0.3 is 0 Å². The minimum atomic E-state index is -0.0248. The van der Waals surface area contributed by atoms with Crippen molar-refractivity contribution in [2.24, 2.45) is 0 Å². The van der Waals surface area contributed by atoms with Gasteiger partial charge in [-0.05, 0) is 49.6 Å². The van der Waals surface area contributed by atoms with Crippen LogP contribution in [0.25, 0.3) is 0 Å². The fourth-order valence-electron chi connectivity index (χ4n) is 2.67. The summed E-state index contributed by atoms with van der Waals surface area (Å²) in [4.78, 5) is 13.4. The molecule has 1 N–H and O–H groups in total. The maximum absolute atomic E-state index is 12.2. The Hall–Kier alpha value is -1.78. The smallest absolute Gasteiger partial charge is 0.251 e. The molecule has 1 fully saturated rings. The van der Waals surface area contributed by atoms with Gasteiger partial charge in [0, 0.05) is 29.4 Å². The Morgan fingerprint density at radius 2 is 1.92 bits per heavy atom. The molecule has 0 bridgehead atoms. The lowest BCUT2D eigenvalue weighted by molar-refractivity contribution is 0.0858.